The van der Waals surface area contributed by atoms with Gasteiger partial charge in [-0.05, 0) is 64.4 Å². The van der Waals surface area contributed by atoms with E-state index in [2.05, 4.69) is 6.92 Å². The largest absolute Gasteiger partial charge is 0.458 e. The second-order valence-corrected chi connectivity index (χ2v) is 13.5. The van der Waals surface area contributed by atoms with E-state index in [1.165, 1.54) is 6.92 Å². The highest BCUT2D eigenvalue weighted by atomic mass is 16.7. The molecular formula is C30H38O8. The maximum absolute atomic E-state index is 13.5. The minimum atomic E-state index is -1.42. The van der Waals surface area contributed by atoms with Crippen LogP contribution in [0.3, 0.4) is 0 Å². The number of carbonyl (C=O) groups is 3. The maximum Gasteiger partial charge on any atom is 0.333 e. The van der Waals surface area contributed by atoms with Crippen LogP contribution in [-0.2, 0) is 33.3 Å². The molecule has 3 heterocycles. The summed E-state index contributed by atoms with van der Waals surface area (Å²) in [6.07, 6.45) is 4.96. The summed E-state index contributed by atoms with van der Waals surface area (Å²) >= 11 is 0. The quantitative estimate of drug-likeness (QED) is 0.441. The van der Waals surface area contributed by atoms with Crippen LogP contribution in [0.2, 0.25) is 0 Å². The molecule has 12 atom stereocenters. The minimum absolute atomic E-state index is 0.0615. The molecule has 7 rings (SSSR count). The molecule has 3 saturated carbocycles. The summed E-state index contributed by atoms with van der Waals surface area (Å²) in [6.45, 7) is 11.2. The van der Waals surface area contributed by atoms with E-state index < -0.39 is 51.9 Å². The highest BCUT2D eigenvalue weighted by molar-refractivity contribution is 5.97. The van der Waals surface area contributed by atoms with Gasteiger partial charge in [0.25, 0.3) is 0 Å². The van der Waals surface area contributed by atoms with Crippen LogP contribution in [0.1, 0.15) is 73.6 Å². The molecule has 1 N–H and O–H groups in total. The smallest absolute Gasteiger partial charge is 0.333 e. The molecule has 0 aromatic carbocycles. The molecule has 38 heavy (non-hydrogen) atoms. The average molecular weight is 527 g/mol. The van der Waals surface area contributed by atoms with E-state index in [1.807, 2.05) is 26.8 Å². The lowest BCUT2D eigenvalue weighted by Gasteiger charge is -2.62. The average Bonchev–Trinajstić information content (AvgIpc) is 3.75. The van der Waals surface area contributed by atoms with Crippen molar-refractivity contribution in [3.8, 4) is 0 Å². The van der Waals surface area contributed by atoms with Crippen molar-refractivity contribution >= 4 is 17.7 Å². The van der Waals surface area contributed by atoms with Gasteiger partial charge in [-0.2, -0.15) is 0 Å². The van der Waals surface area contributed by atoms with Crippen molar-refractivity contribution in [2.24, 2.45) is 28.6 Å². The Balaban J connectivity index is 1.32. The van der Waals surface area contributed by atoms with E-state index in [4.69, 9.17) is 18.9 Å². The summed E-state index contributed by atoms with van der Waals surface area (Å²) in [6, 6.07) is 0. The maximum atomic E-state index is 13.5. The Kier molecular flexibility index (Phi) is 4.72. The van der Waals surface area contributed by atoms with E-state index in [0.29, 0.717) is 31.3 Å². The first kappa shape index (κ1) is 25.0. The molecule has 0 amide bonds. The number of rotatable bonds is 3. The Morgan fingerprint density at radius 2 is 1.92 bits per heavy atom. The zero-order valence-electron chi connectivity index (χ0n) is 23.0. The molecule has 7 aliphatic rings. The first-order chi connectivity index (χ1) is 17.8. The molecular weight excluding hydrogens is 488 g/mol. The van der Waals surface area contributed by atoms with Crippen molar-refractivity contribution in [1.29, 1.82) is 0 Å². The molecule has 0 aromatic rings. The van der Waals surface area contributed by atoms with Gasteiger partial charge in [0.2, 0.25) is 0 Å². The summed E-state index contributed by atoms with van der Waals surface area (Å²) in [5.41, 5.74) is -2.61. The zero-order valence-corrected chi connectivity index (χ0v) is 23.0. The Hall–Kier alpha value is -2.03. The first-order valence-corrected chi connectivity index (χ1v) is 14.1. The Bertz CT molecular complexity index is 1240. The van der Waals surface area contributed by atoms with Gasteiger partial charge >= 0.3 is 11.9 Å². The van der Waals surface area contributed by atoms with Gasteiger partial charge in [-0.3, -0.25) is 9.59 Å². The monoisotopic (exact) mass is 526 g/mol. The fourth-order valence-electron chi connectivity index (χ4n) is 10.2. The lowest BCUT2D eigenvalue weighted by Crippen LogP contribution is -2.71. The van der Waals surface area contributed by atoms with E-state index in [0.717, 1.165) is 12.0 Å². The third-order valence-corrected chi connectivity index (χ3v) is 12.5. The van der Waals surface area contributed by atoms with E-state index >= 15 is 0 Å². The van der Waals surface area contributed by atoms with Gasteiger partial charge in [-0.1, -0.05) is 25.5 Å². The van der Waals surface area contributed by atoms with Gasteiger partial charge in [0, 0.05) is 30.3 Å². The third kappa shape index (κ3) is 2.48. The van der Waals surface area contributed by atoms with E-state index in [1.54, 1.807) is 13.0 Å². The highest BCUT2D eigenvalue weighted by Crippen LogP contribution is 2.79. The fourth-order valence-corrected chi connectivity index (χ4v) is 10.2. The fraction of sp³-hybridized carbons (Fsp3) is 0.767. The van der Waals surface area contributed by atoms with Gasteiger partial charge in [0.1, 0.15) is 29.0 Å². The van der Waals surface area contributed by atoms with Gasteiger partial charge < -0.3 is 24.1 Å². The molecule has 4 aliphatic carbocycles. The van der Waals surface area contributed by atoms with Gasteiger partial charge in [-0.15, -0.1) is 0 Å². The SMILES string of the molecule is CC(=O)OC1C2OC2(C(C)C2CC(C)=C(C)C(=O)O2)C2(C)CCC3C(CC4OC45CC=CC(=O)C35C)C12O. The first-order valence-electron chi connectivity index (χ1n) is 14.1. The summed E-state index contributed by atoms with van der Waals surface area (Å²) < 4.78 is 24.7. The number of aliphatic hydroxyl groups is 1. The van der Waals surface area contributed by atoms with Crippen LogP contribution in [0.4, 0.5) is 0 Å². The number of ketones is 1. The van der Waals surface area contributed by atoms with Gasteiger partial charge in [0.05, 0.1) is 11.5 Å². The van der Waals surface area contributed by atoms with Crippen molar-refractivity contribution in [3.05, 3.63) is 23.3 Å². The van der Waals surface area contributed by atoms with E-state index in [-0.39, 0.29) is 35.6 Å². The molecule has 1 spiro atoms. The molecule has 3 aliphatic heterocycles. The number of epoxide rings is 2. The van der Waals surface area contributed by atoms with Crippen LogP contribution in [-0.4, -0.2) is 64.0 Å². The van der Waals surface area contributed by atoms with Crippen molar-refractivity contribution in [2.45, 2.75) is 115 Å². The summed E-state index contributed by atoms with van der Waals surface area (Å²) in [7, 11) is 0. The predicted molar refractivity (Wildman–Crippen MR) is 134 cm³/mol. The molecule has 206 valence electrons. The van der Waals surface area contributed by atoms with Crippen LogP contribution in [0.5, 0.6) is 0 Å². The third-order valence-electron chi connectivity index (χ3n) is 12.5. The number of carbonyl (C=O) groups excluding carboxylic acids is 3. The second kappa shape index (κ2) is 7.18. The molecule has 8 heteroatoms. The lowest BCUT2D eigenvalue weighted by molar-refractivity contribution is -0.260. The van der Waals surface area contributed by atoms with Crippen molar-refractivity contribution in [2.75, 3.05) is 0 Å². The summed E-state index contributed by atoms with van der Waals surface area (Å²) in [5, 5.41) is 13.0. The lowest BCUT2D eigenvalue weighted by atomic mass is 9.42. The zero-order chi connectivity index (χ0) is 27.2. The normalized spacial score (nSPS) is 54.6. The van der Waals surface area contributed by atoms with Crippen LogP contribution in [0.25, 0.3) is 0 Å². The van der Waals surface area contributed by atoms with Crippen molar-refractivity contribution < 1.29 is 38.4 Å². The summed E-state index contributed by atoms with van der Waals surface area (Å²) in [5.74, 6) is -1.37. The minimum Gasteiger partial charge on any atom is -0.458 e. The molecule has 12 unspecified atom stereocenters. The number of hydrogen-bond donors (Lipinski definition) is 1. The summed E-state index contributed by atoms with van der Waals surface area (Å²) in [4.78, 5) is 38.5. The molecule has 8 nitrogen and oxygen atoms in total. The van der Waals surface area contributed by atoms with Gasteiger partial charge in [0.15, 0.2) is 11.9 Å². The second-order valence-electron chi connectivity index (χ2n) is 13.5. The number of fused-ring (bicyclic) bond motifs is 6. The van der Waals surface area contributed by atoms with Crippen molar-refractivity contribution in [3.63, 3.8) is 0 Å². The number of allylic oxidation sites excluding steroid dienone is 1. The van der Waals surface area contributed by atoms with Gasteiger partial charge in [-0.25, -0.2) is 4.79 Å². The molecule has 0 bridgehead atoms. The molecule has 2 saturated heterocycles. The van der Waals surface area contributed by atoms with Crippen LogP contribution < -0.4 is 0 Å². The number of cyclic esters (lactones) is 1. The van der Waals surface area contributed by atoms with Crippen LogP contribution >= 0.6 is 0 Å². The predicted octanol–water partition coefficient (Wildman–Crippen LogP) is 3.20. The topological polar surface area (TPSA) is 115 Å². The van der Waals surface area contributed by atoms with E-state index in [9.17, 15) is 19.5 Å². The Labute approximate surface area is 223 Å². The van der Waals surface area contributed by atoms with Crippen LogP contribution in [0.15, 0.2) is 23.3 Å². The van der Waals surface area contributed by atoms with Crippen LogP contribution in [0, 0.1) is 28.6 Å². The highest BCUT2D eigenvalue weighted by Gasteiger charge is 2.91. The molecule has 0 aromatic heterocycles. The number of hydrogen-bond acceptors (Lipinski definition) is 8. The standard InChI is InChI=1S/C30H38O8/c1-14-12-20(36-25(33)15(14)2)16(3)30-24(38-30)23(35-17(4)31)29(34)19-13-22-28(37-22)10-7-8-21(32)27(28,6)18(19)9-11-26(29,30)5/h7-8,16,18-20,22-24,34H,9-13H2,1-6H3. The Morgan fingerprint density at radius 1 is 1.18 bits per heavy atom. The number of esters is 2. The Morgan fingerprint density at radius 3 is 2.61 bits per heavy atom. The van der Waals surface area contributed by atoms with Crippen molar-refractivity contribution in [1.82, 2.24) is 0 Å². The molecule has 0 radical (unpaired) electrons. The molecule has 5 fully saturated rings. The number of ether oxygens (including phenoxy) is 4.